The first kappa shape index (κ1) is 23.1. The summed E-state index contributed by atoms with van der Waals surface area (Å²) in [6, 6.07) is 15.6. The number of carbonyl (C=O) groups excluding carboxylic acids is 2. The molecule has 0 N–H and O–H groups in total. The molecule has 174 valence electrons. The molecule has 0 atom stereocenters. The fourth-order valence-corrected chi connectivity index (χ4v) is 4.48. The molecule has 2 aromatic carbocycles. The summed E-state index contributed by atoms with van der Waals surface area (Å²) >= 11 is 0. The number of ether oxygens (including phenoxy) is 2. The highest BCUT2D eigenvalue weighted by Crippen LogP contribution is 2.38. The fourth-order valence-electron chi connectivity index (χ4n) is 4.48. The first-order chi connectivity index (χ1) is 16.0. The highest BCUT2D eigenvalue weighted by molar-refractivity contribution is 6.36. The van der Waals surface area contributed by atoms with Crippen LogP contribution in [0.4, 0.5) is 5.69 Å². The normalized spacial score (nSPS) is 16.1. The smallest absolute Gasteiger partial charge is 0.278 e. The van der Waals surface area contributed by atoms with E-state index in [9.17, 15) is 9.59 Å². The van der Waals surface area contributed by atoms with Crippen LogP contribution in [0.2, 0.25) is 0 Å². The maximum atomic E-state index is 13.6. The van der Waals surface area contributed by atoms with Crippen LogP contribution in [0.15, 0.2) is 54.2 Å². The Labute approximate surface area is 195 Å². The Morgan fingerprint density at radius 3 is 2.48 bits per heavy atom. The Bertz CT molecular complexity index is 1040. The highest BCUT2D eigenvalue weighted by atomic mass is 16.5. The molecular formula is C27H32N2O4. The topological polar surface area (TPSA) is 59.1 Å². The van der Waals surface area contributed by atoms with Crippen molar-refractivity contribution in [3.05, 3.63) is 65.4 Å². The molecule has 2 aromatic rings. The van der Waals surface area contributed by atoms with Gasteiger partial charge in [-0.05, 0) is 69.4 Å². The molecule has 6 nitrogen and oxygen atoms in total. The third kappa shape index (κ3) is 4.81. The van der Waals surface area contributed by atoms with Crippen molar-refractivity contribution in [3.8, 4) is 5.75 Å². The zero-order chi connectivity index (χ0) is 23.4. The fraction of sp³-hybridized carbons (Fsp3) is 0.407. The summed E-state index contributed by atoms with van der Waals surface area (Å²) in [5.41, 5.74) is 3.87. The van der Waals surface area contributed by atoms with E-state index in [1.807, 2.05) is 68.1 Å². The van der Waals surface area contributed by atoms with Gasteiger partial charge in [-0.25, -0.2) is 0 Å². The van der Waals surface area contributed by atoms with Crippen LogP contribution in [-0.4, -0.2) is 49.1 Å². The average molecular weight is 449 g/mol. The van der Waals surface area contributed by atoms with Gasteiger partial charge < -0.3 is 14.4 Å². The lowest BCUT2D eigenvalue weighted by Crippen LogP contribution is -2.37. The molecule has 0 saturated heterocycles. The second-order valence-corrected chi connectivity index (χ2v) is 8.61. The molecule has 2 aliphatic rings. The quantitative estimate of drug-likeness (QED) is 0.420. The molecule has 0 aromatic heterocycles. The summed E-state index contributed by atoms with van der Waals surface area (Å²) in [7, 11) is 0. The lowest BCUT2D eigenvalue weighted by molar-refractivity contribution is -0.137. The minimum absolute atomic E-state index is 0.0611. The van der Waals surface area contributed by atoms with Crippen LogP contribution in [0.1, 0.15) is 44.7 Å². The number of amides is 2. The Balaban J connectivity index is 1.73. The van der Waals surface area contributed by atoms with Gasteiger partial charge in [0, 0.05) is 32.0 Å². The molecule has 2 aliphatic heterocycles. The molecule has 4 rings (SSSR count). The number of hydrogen-bond acceptors (Lipinski definition) is 5. The summed E-state index contributed by atoms with van der Waals surface area (Å²) < 4.78 is 11.2. The number of carbonyl (C=O) groups is 2. The second kappa shape index (κ2) is 10.2. The third-order valence-corrected chi connectivity index (χ3v) is 5.91. The molecular weight excluding hydrogens is 416 g/mol. The minimum atomic E-state index is -0.243. The van der Waals surface area contributed by atoms with Crippen LogP contribution in [0.25, 0.3) is 5.57 Å². The monoisotopic (exact) mass is 448 g/mol. The molecule has 0 spiro atoms. The van der Waals surface area contributed by atoms with E-state index in [0.29, 0.717) is 44.0 Å². The number of nitrogens with zero attached hydrogens (tertiary/aromatic N) is 2. The molecule has 0 fully saturated rings. The van der Waals surface area contributed by atoms with Gasteiger partial charge in [0.1, 0.15) is 11.4 Å². The van der Waals surface area contributed by atoms with Crippen molar-refractivity contribution < 1.29 is 19.1 Å². The maximum absolute atomic E-state index is 13.6. The van der Waals surface area contributed by atoms with E-state index in [1.54, 1.807) is 0 Å². The molecule has 0 radical (unpaired) electrons. The molecule has 0 unspecified atom stereocenters. The molecule has 0 bridgehead atoms. The molecule has 2 amide bonds. The Hall–Kier alpha value is -3.12. The van der Waals surface area contributed by atoms with Crippen molar-refractivity contribution in [3.63, 3.8) is 0 Å². The number of imide groups is 1. The van der Waals surface area contributed by atoms with Crippen molar-refractivity contribution in [2.45, 2.75) is 46.1 Å². The Morgan fingerprint density at radius 2 is 1.76 bits per heavy atom. The first-order valence-electron chi connectivity index (χ1n) is 11.8. The number of benzene rings is 2. The third-order valence-electron chi connectivity index (χ3n) is 5.91. The summed E-state index contributed by atoms with van der Waals surface area (Å²) in [6.07, 6.45) is 2.58. The Kier molecular flexibility index (Phi) is 7.14. The van der Waals surface area contributed by atoms with Crippen molar-refractivity contribution in [2.24, 2.45) is 0 Å². The van der Waals surface area contributed by atoms with Crippen LogP contribution in [0, 0.1) is 0 Å². The highest BCUT2D eigenvalue weighted by Gasteiger charge is 2.42. The predicted molar refractivity (Wildman–Crippen MR) is 129 cm³/mol. The number of anilines is 1. The van der Waals surface area contributed by atoms with E-state index in [2.05, 4.69) is 6.07 Å². The lowest BCUT2D eigenvalue weighted by atomic mass is 9.98. The summed E-state index contributed by atoms with van der Waals surface area (Å²) in [5, 5.41) is 0. The van der Waals surface area contributed by atoms with Crippen LogP contribution in [0.3, 0.4) is 0 Å². The van der Waals surface area contributed by atoms with E-state index >= 15 is 0 Å². The van der Waals surface area contributed by atoms with Gasteiger partial charge in [-0.1, -0.05) is 30.3 Å². The molecule has 2 heterocycles. The van der Waals surface area contributed by atoms with Gasteiger partial charge in [0.15, 0.2) is 0 Å². The van der Waals surface area contributed by atoms with E-state index in [1.165, 1.54) is 10.5 Å². The standard InChI is InChI=1S/C27H32N2O4/c1-4-32-18-8-17-29-26(30)24(21-12-14-22(15-13-21)33-19(2)3)25(27(29)31)28-16-7-10-20-9-5-6-11-23(20)28/h5-6,9,11-15,19H,4,7-8,10,16-18H2,1-3H3. The van der Waals surface area contributed by atoms with Crippen molar-refractivity contribution >= 4 is 23.1 Å². The van der Waals surface area contributed by atoms with E-state index in [0.717, 1.165) is 29.8 Å². The summed E-state index contributed by atoms with van der Waals surface area (Å²) in [6.45, 7) is 8.07. The molecule has 0 aliphatic carbocycles. The SMILES string of the molecule is CCOCCCN1C(=O)C(c2ccc(OC(C)C)cc2)=C(N2CCCc3ccccc32)C1=O. The average Bonchev–Trinajstić information content (AvgIpc) is 3.06. The number of aryl methyl sites for hydroxylation is 1. The summed E-state index contributed by atoms with van der Waals surface area (Å²) in [4.78, 5) is 30.6. The van der Waals surface area contributed by atoms with E-state index in [4.69, 9.17) is 9.47 Å². The second-order valence-electron chi connectivity index (χ2n) is 8.61. The minimum Gasteiger partial charge on any atom is -0.491 e. The van der Waals surface area contributed by atoms with Crippen LogP contribution in [0.5, 0.6) is 5.75 Å². The zero-order valence-corrected chi connectivity index (χ0v) is 19.7. The maximum Gasteiger partial charge on any atom is 0.278 e. The van der Waals surface area contributed by atoms with Gasteiger partial charge in [0.2, 0.25) is 0 Å². The van der Waals surface area contributed by atoms with Crippen molar-refractivity contribution in [1.29, 1.82) is 0 Å². The molecule has 33 heavy (non-hydrogen) atoms. The number of fused-ring (bicyclic) bond motifs is 1. The van der Waals surface area contributed by atoms with Gasteiger partial charge in [-0.3, -0.25) is 14.5 Å². The van der Waals surface area contributed by atoms with Crippen molar-refractivity contribution in [1.82, 2.24) is 4.90 Å². The largest absolute Gasteiger partial charge is 0.491 e. The van der Waals surface area contributed by atoms with Gasteiger partial charge in [0.05, 0.1) is 11.7 Å². The predicted octanol–water partition coefficient (Wildman–Crippen LogP) is 4.43. The van der Waals surface area contributed by atoms with Gasteiger partial charge in [0.25, 0.3) is 11.8 Å². The van der Waals surface area contributed by atoms with Crippen LogP contribution < -0.4 is 9.64 Å². The van der Waals surface area contributed by atoms with E-state index < -0.39 is 0 Å². The van der Waals surface area contributed by atoms with Crippen molar-refractivity contribution in [2.75, 3.05) is 31.2 Å². The van der Waals surface area contributed by atoms with Gasteiger partial charge >= 0.3 is 0 Å². The van der Waals surface area contributed by atoms with Crippen LogP contribution >= 0.6 is 0 Å². The number of rotatable bonds is 9. The van der Waals surface area contributed by atoms with Gasteiger partial charge in [-0.15, -0.1) is 0 Å². The lowest BCUT2D eigenvalue weighted by Gasteiger charge is -2.32. The molecule has 0 saturated carbocycles. The first-order valence-corrected chi connectivity index (χ1v) is 11.8. The Morgan fingerprint density at radius 1 is 1.00 bits per heavy atom. The van der Waals surface area contributed by atoms with E-state index in [-0.39, 0.29) is 17.9 Å². The summed E-state index contributed by atoms with van der Waals surface area (Å²) in [5.74, 6) is 0.266. The van der Waals surface area contributed by atoms with Gasteiger partial charge in [-0.2, -0.15) is 0 Å². The number of hydrogen-bond donors (Lipinski definition) is 0. The number of para-hydroxylation sites is 1. The zero-order valence-electron chi connectivity index (χ0n) is 19.7. The molecule has 6 heteroatoms. The van der Waals surface area contributed by atoms with Crippen LogP contribution in [-0.2, 0) is 20.7 Å².